The maximum absolute atomic E-state index is 12.9. The topological polar surface area (TPSA) is 96.0 Å². The number of sulfonamides is 1. The lowest BCUT2D eigenvalue weighted by Crippen LogP contribution is -2.53. The molecule has 8 nitrogen and oxygen atoms in total. The van der Waals surface area contributed by atoms with Crippen molar-refractivity contribution in [2.45, 2.75) is 17.6 Å². The van der Waals surface area contributed by atoms with Crippen LogP contribution in [0.4, 0.5) is 4.79 Å². The van der Waals surface area contributed by atoms with E-state index in [2.05, 4.69) is 22.1 Å². The number of nitrogens with one attached hydrogen (secondary N) is 1. The first kappa shape index (κ1) is 24.6. The predicted molar refractivity (Wildman–Crippen MR) is 127 cm³/mol. The van der Waals surface area contributed by atoms with Crippen LogP contribution in [0.1, 0.15) is 22.8 Å². The number of esters is 1. The Kier molecular flexibility index (Phi) is 8.97. The Morgan fingerprint density at radius 2 is 1.84 bits per heavy atom. The fourth-order valence-corrected chi connectivity index (χ4v) is 6.17. The molecule has 0 bridgehead atoms. The molecule has 0 atom stereocenters. The van der Waals surface area contributed by atoms with Gasteiger partial charge in [-0.1, -0.05) is 0 Å². The van der Waals surface area contributed by atoms with Crippen molar-refractivity contribution in [3.8, 4) is 0 Å². The van der Waals surface area contributed by atoms with E-state index in [1.54, 1.807) is 34.9 Å². The van der Waals surface area contributed by atoms with Crippen molar-refractivity contribution in [1.29, 1.82) is 0 Å². The van der Waals surface area contributed by atoms with Gasteiger partial charge in [-0.15, -0.1) is 0 Å². The van der Waals surface area contributed by atoms with Gasteiger partial charge in [-0.25, -0.2) is 18.0 Å². The van der Waals surface area contributed by atoms with Gasteiger partial charge in [-0.3, -0.25) is 0 Å². The number of benzene rings is 1. The molecule has 3 rings (SSSR count). The highest BCUT2D eigenvalue weighted by Crippen LogP contribution is 2.19. The third-order valence-corrected chi connectivity index (χ3v) is 8.58. The molecule has 0 saturated carbocycles. The molecule has 1 aliphatic heterocycles. The van der Waals surface area contributed by atoms with Gasteiger partial charge in [0.05, 0.1) is 17.1 Å². The first-order valence-corrected chi connectivity index (χ1v) is 13.8. The van der Waals surface area contributed by atoms with Crippen LogP contribution in [0.15, 0.2) is 46.0 Å². The highest BCUT2D eigenvalue weighted by molar-refractivity contribution is 7.98. The molecule has 0 spiro atoms. The minimum absolute atomic E-state index is 0.117. The molecular formula is C21H27N3O5S3. The number of piperazine rings is 1. The molecule has 1 fully saturated rings. The number of ether oxygens (including phenoxy) is 1. The third kappa shape index (κ3) is 6.47. The minimum Gasteiger partial charge on any atom is -0.462 e. The number of thioether (sulfide) groups is 1. The van der Waals surface area contributed by atoms with Gasteiger partial charge in [0.15, 0.2) is 0 Å². The number of nitrogens with zero attached hydrogens (tertiary/aromatic N) is 2. The Morgan fingerprint density at radius 1 is 1.12 bits per heavy atom. The molecule has 1 aliphatic rings. The monoisotopic (exact) mass is 497 g/mol. The van der Waals surface area contributed by atoms with E-state index >= 15 is 0 Å². The maximum Gasteiger partial charge on any atom is 0.338 e. The second kappa shape index (κ2) is 11.7. The summed E-state index contributed by atoms with van der Waals surface area (Å²) in [6, 6.07) is 7.65. The number of urea groups is 1. The van der Waals surface area contributed by atoms with E-state index in [0.717, 1.165) is 11.5 Å². The Morgan fingerprint density at radius 3 is 2.47 bits per heavy atom. The van der Waals surface area contributed by atoms with Crippen LogP contribution in [0, 0.1) is 0 Å². The summed E-state index contributed by atoms with van der Waals surface area (Å²) in [4.78, 5) is 25.9. The molecule has 1 N–H and O–H groups in total. The molecule has 32 heavy (non-hydrogen) atoms. The number of carbonyl (C=O) groups is 2. The maximum atomic E-state index is 12.9. The van der Waals surface area contributed by atoms with E-state index in [1.807, 2.05) is 0 Å². The van der Waals surface area contributed by atoms with Crippen LogP contribution in [-0.4, -0.2) is 74.7 Å². The van der Waals surface area contributed by atoms with Crippen LogP contribution in [0.5, 0.6) is 0 Å². The average Bonchev–Trinajstić information content (AvgIpc) is 3.32. The fraction of sp³-hybridized carbons (Fsp3) is 0.429. The summed E-state index contributed by atoms with van der Waals surface area (Å²) >= 11 is 3.44. The smallest absolute Gasteiger partial charge is 0.338 e. The van der Waals surface area contributed by atoms with Crippen LogP contribution >= 0.6 is 23.1 Å². The van der Waals surface area contributed by atoms with Crippen LogP contribution in [0.2, 0.25) is 0 Å². The van der Waals surface area contributed by atoms with Gasteiger partial charge in [0.1, 0.15) is 0 Å². The molecule has 1 saturated heterocycles. The highest BCUT2D eigenvalue weighted by atomic mass is 32.2. The van der Waals surface area contributed by atoms with Crippen LogP contribution in [0.25, 0.3) is 0 Å². The summed E-state index contributed by atoms with van der Waals surface area (Å²) in [6.07, 6.45) is 0. The Labute approximate surface area is 197 Å². The highest BCUT2D eigenvalue weighted by Gasteiger charge is 2.30. The van der Waals surface area contributed by atoms with E-state index in [9.17, 15) is 18.0 Å². The van der Waals surface area contributed by atoms with Crippen molar-refractivity contribution in [3.63, 3.8) is 0 Å². The molecular weight excluding hydrogens is 470 g/mol. The van der Waals surface area contributed by atoms with E-state index < -0.39 is 16.0 Å². The van der Waals surface area contributed by atoms with Crippen molar-refractivity contribution >= 4 is 45.1 Å². The zero-order valence-electron chi connectivity index (χ0n) is 17.9. The molecule has 2 aromatic rings. The molecule has 1 aromatic heterocycles. The van der Waals surface area contributed by atoms with E-state index in [0.29, 0.717) is 25.2 Å². The number of amides is 2. The number of hydrogen-bond donors (Lipinski definition) is 1. The molecule has 1 aromatic carbocycles. The van der Waals surface area contributed by atoms with Crippen molar-refractivity contribution in [3.05, 3.63) is 52.2 Å². The molecule has 2 amide bonds. The SMILES string of the molecule is CCOC(=O)c1ccc(S(=O)(=O)N2CCN(C(=O)NCCSCc3ccsc3)CC2)cc1. The Hall–Kier alpha value is -2.08. The molecule has 11 heteroatoms. The summed E-state index contributed by atoms with van der Waals surface area (Å²) in [5, 5.41) is 7.07. The summed E-state index contributed by atoms with van der Waals surface area (Å²) in [6.45, 7) is 3.64. The van der Waals surface area contributed by atoms with Crippen LogP contribution in [0.3, 0.4) is 0 Å². The second-order valence-electron chi connectivity index (χ2n) is 7.05. The molecule has 0 aliphatic carbocycles. The van der Waals surface area contributed by atoms with Crippen LogP contribution < -0.4 is 5.32 Å². The number of thiophene rings is 1. The van der Waals surface area contributed by atoms with Gasteiger partial charge >= 0.3 is 12.0 Å². The third-order valence-electron chi connectivity index (χ3n) is 4.90. The van der Waals surface area contributed by atoms with Crippen molar-refractivity contribution < 1.29 is 22.7 Å². The van der Waals surface area contributed by atoms with Gasteiger partial charge in [-0.05, 0) is 53.6 Å². The summed E-state index contributed by atoms with van der Waals surface area (Å²) in [5.41, 5.74) is 1.60. The van der Waals surface area contributed by atoms with Crippen LogP contribution in [-0.2, 0) is 20.5 Å². The predicted octanol–water partition coefficient (Wildman–Crippen LogP) is 2.87. The number of hydrogen-bond acceptors (Lipinski definition) is 7. The lowest BCUT2D eigenvalue weighted by atomic mass is 10.2. The zero-order valence-corrected chi connectivity index (χ0v) is 20.3. The normalized spacial score (nSPS) is 14.8. The first-order chi connectivity index (χ1) is 15.4. The van der Waals surface area contributed by atoms with Gasteiger partial charge < -0.3 is 15.0 Å². The van der Waals surface area contributed by atoms with Crippen molar-refractivity contribution in [2.75, 3.05) is 45.1 Å². The fourth-order valence-electron chi connectivity index (χ4n) is 3.16. The Balaban J connectivity index is 1.43. The van der Waals surface area contributed by atoms with E-state index in [-0.39, 0.29) is 30.6 Å². The molecule has 0 radical (unpaired) electrons. The Bertz CT molecular complexity index is 986. The number of rotatable bonds is 9. The largest absolute Gasteiger partial charge is 0.462 e. The van der Waals surface area contributed by atoms with Crippen molar-refractivity contribution in [1.82, 2.24) is 14.5 Å². The average molecular weight is 498 g/mol. The standard InChI is InChI=1S/C21H27N3O5S3/c1-2-29-20(25)18-3-5-19(6-4-18)32(27,28)24-11-9-23(10-12-24)21(26)22-8-14-31-16-17-7-13-30-15-17/h3-7,13,15H,2,8-12,14,16H2,1H3,(H,22,26). The summed E-state index contributed by atoms with van der Waals surface area (Å²) in [7, 11) is -3.69. The van der Waals surface area contributed by atoms with E-state index in [4.69, 9.17) is 4.74 Å². The second-order valence-corrected chi connectivity index (χ2v) is 10.9. The molecule has 2 heterocycles. The van der Waals surface area contributed by atoms with E-state index in [1.165, 1.54) is 34.1 Å². The molecule has 0 unspecified atom stereocenters. The minimum atomic E-state index is -3.69. The van der Waals surface area contributed by atoms with Gasteiger partial charge in [0.2, 0.25) is 10.0 Å². The zero-order chi connectivity index (χ0) is 23.0. The first-order valence-electron chi connectivity index (χ1n) is 10.3. The van der Waals surface area contributed by atoms with Crippen molar-refractivity contribution in [2.24, 2.45) is 0 Å². The van der Waals surface area contributed by atoms with Gasteiger partial charge in [0, 0.05) is 44.2 Å². The lowest BCUT2D eigenvalue weighted by molar-refractivity contribution is 0.0526. The van der Waals surface area contributed by atoms with Gasteiger partial charge in [-0.2, -0.15) is 27.4 Å². The quantitative estimate of drug-likeness (QED) is 0.423. The van der Waals surface area contributed by atoms with Gasteiger partial charge in [0.25, 0.3) is 0 Å². The molecule has 174 valence electrons. The summed E-state index contributed by atoms with van der Waals surface area (Å²) in [5.74, 6) is 1.26. The number of carbonyl (C=O) groups excluding carboxylic acids is 2. The lowest BCUT2D eigenvalue weighted by Gasteiger charge is -2.34. The summed E-state index contributed by atoms with van der Waals surface area (Å²) < 4.78 is 32.1.